The van der Waals surface area contributed by atoms with Crippen LogP contribution in [-0.2, 0) is 18.0 Å². The molecule has 3 aromatic carbocycles. The first kappa shape index (κ1) is 21.8. The molecule has 0 unspecified atom stereocenters. The number of rotatable bonds is 7. The van der Waals surface area contributed by atoms with Crippen molar-refractivity contribution in [1.82, 2.24) is 5.16 Å². The lowest BCUT2D eigenvalue weighted by molar-refractivity contribution is 0.0467. The quantitative estimate of drug-likeness (QED) is 0.341. The zero-order chi connectivity index (χ0) is 23.2. The highest BCUT2D eigenvalue weighted by Gasteiger charge is 2.16. The first-order valence-corrected chi connectivity index (χ1v) is 10.5. The van der Waals surface area contributed by atoms with Gasteiger partial charge in [-0.15, -0.1) is 0 Å². The van der Waals surface area contributed by atoms with Gasteiger partial charge in [0, 0.05) is 0 Å². The van der Waals surface area contributed by atoms with Crippen LogP contribution in [0.4, 0.5) is 0 Å². The molecule has 0 aliphatic carbocycles. The van der Waals surface area contributed by atoms with E-state index in [1.165, 1.54) is 0 Å². The van der Waals surface area contributed by atoms with Crippen molar-refractivity contribution >= 4 is 5.97 Å². The molecule has 6 heteroatoms. The van der Waals surface area contributed by atoms with E-state index in [1.54, 1.807) is 30.3 Å². The van der Waals surface area contributed by atoms with Gasteiger partial charge in [-0.3, -0.25) is 0 Å². The molecule has 0 aliphatic heterocycles. The largest absolute Gasteiger partial charge is 0.488 e. The second-order valence-corrected chi connectivity index (χ2v) is 7.52. The van der Waals surface area contributed by atoms with Crippen LogP contribution in [0.25, 0.3) is 11.1 Å². The number of hydrogen-bond acceptors (Lipinski definition) is 6. The van der Waals surface area contributed by atoms with Gasteiger partial charge >= 0.3 is 5.97 Å². The van der Waals surface area contributed by atoms with Crippen LogP contribution in [0, 0.1) is 25.2 Å². The van der Waals surface area contributed by atoms with Crippen molar-refractivity contribution in [1.29, 1.82) is 5.26 Å². The van der Waals surface area contributed by atoms with Gasteiger partial charge in [0.05, 0.1) is 22.9 Å². The lowest BCUT2D eigenvalue weighted by Crippen LogP contribution is -2.08. The minimum absolute atomic E-state index is 0.122. The van der Waals surface area contributed by atoms with E-state index in [0.717, 1.165) is 27.9 Å². The van der Waals surface area contributed by atoms with Crippen LogP contribution in [0.15, 0.2) is 77.3 Å². The lowest BCUT2D eigenvalue weighted by Gasteiger charge is -2.11. The third-order valence-corrected chi connectivity index (χ3v) is 5.34. The number of hydrogen-bond donors (Lipinski definition) is 0. The Morgan fingerprint density at radius 1 is 0.970 bits per heavy atom. The maximum absolute atomic E-state index is 12.7. The molecule has 1 aromatic heterocycles. The second kappa shape index (κ2) is 9.84. The first-order chi connectivity index (χ1) is 16.1. The second-order valence-electron chi connectivity index (χ2n) is 7.52. The molecule has 0 radical (unpaired) electrons. The van der Waals surface area contributed by atoms with Crippen molar-refractivity contribution in [3.63, 3.8) is 0 Å². The van der Waals surface area contributed by atoms with E-state index in [4.69, 9.17) is 14.0 Å². The summed E-state index contributed by atoms with van der Waals surface area (Å²) in [5, 5.41) is 13.2. The van der Waals surface area contributed by atoms with Crippen LogP contribution in [-0.4, -0.2) is 11.1 Å². The van der Waals surface area contributed by atoms with Crippen molar-refractivity contribution in [2.75, 3.05) is 0 Å². The molecule has 0 N–H and O–H groups in total. The Morgan fingerprint density at radius 2 is 1.70 bits per heavy atom. The normalized spacial score (nSPS) is 10.5. The van der Waals surface area contributed by atoms with E-state index < -0.39 is 5.97 Å². The molecule has 0 spiro atoms. The van der Waals surface area contributed by atoms with Gasteiger partial charge in [-0.25, -0.2) is 4.79 Å². The predicted octanol–water partition coefficient (Wildman–Crippen LogP) is 5.77. The van der Waals surface area contributed by atoms with Gasteiger partial charge in [-0.1, -0.05) is 59.8 Å². The third-order valence-electron chi connectivity index (χ3n) is 5.34. The zero-order valence-corrected chi connectivity index (χ0v) is 18.4. The van der Waals surface area contributed by atoms with Gasteiger partial charge in [-0.2, -0.15) is 5.26 Å². The van der Waals surface area contributed by atoms with Crippen molar-refractivity contribution in [3.8, 4) is 22.9 Å². The van der Waals surface area contributed by atoms with E-state index in [-0.39, 0.29) is 13.2 Å². The minimum Gasteiger partial charge on any atom is -0.488 e. The molecule has 4 rings (SSSR count). The van der Waals surface area contributed by atoms with Gasteiger partial charge in [0.2, 0.25) is 0 Å². The summed E-state index contributed by atoms with van der Waals surface area (Å²) in [6.07, 6.45) is 0. The summed E-state index contributed by atoms with van der Waals surface area (Å²) in [6, 6.07) is 24.2. The van der Waals surface area contributed by atoms with E-state index in [9.17, 15) is 10.1 Å². The molecule has 0 amide bonds. The molecule has 0 aliphatic rings. The number of para-hydroxylation sites is 1. The molecule has 0 fully saturated rings. The van der Waals surface area contributed by atoms with Gasteiger partial charge in [0.25, 0.3) is 0 Å². The number of carbonyl (C=O) groups excluding carboxylic acids is 1. The topological polar surface area (TPSA) is 85.3 Å². The highest BCUT2D eigenvalue weighted by atomic mass is 16.5. The number of aromatic nitrogens is 1. The van der Waals surface area contributed by atoms with Crippen LogP contribution < -0.4 is 4.74 Å². The summed E-state index contributed by atoms with van der Waals surface area (Å²) in [6.45, 7) is 4.04. The first-order valence-electron chi connectivity index (χ1n) is 10.5. The lowest BCUT2D eigenvalue weighted by atomic mass is 9.99. The standard InChI is InChI=1S/C27H22N2O4/c1-18-25(19(2)33-29-18)17-31-26-10-6-5-9-24(26)27(30)32-16-20-11-13-21(14-12-20)23-8-4-3-7-22(23)15-28/h3-14H,16-17H2,1-2H3. The summed E-state index contributed by atoms with van der Waals surface area (Å²) >= 11 is 0. The monoisotopic (exact) mass is 438 g/mol. The SMILES string of the molecule is Cc1noc(C)c1COc1ccccc1C(=O)OCc1ccc(-c2ccccc2C#N)cc1. The van der Waals surface area contributed by atoms with Crippen LogP contribution in [0.3, 0.4) is 0 Å². The molecule has 4 aromatic rings. The average molecular weight is 438 g/mol. The maximum atomic E-state index is 12.7. The molecular weight excluding hydrogens is 416 g/mol. The van der Waals surface area contributed by atoms with E-state index in [0.29, 0.717) is 22.6 Å². The van der Waals surface area contributed by atoms with Crippen LogP contribution in [0.5, 0.6) is 5.75 Å². The fourth-order valence-electron chi connectivity index (χ4n) is 3.46. The summed E-state index contributed by atoms with van der Waals surface area (Å²) in [5.41, 5.74) is 5.22. The van der Waals surface area contributed by atoms with Crippen molar-refractivity contribution in [2.45, 2.75) is 27.1 Å². The number of aryl methyl sites for hydroxylation is 2. The number of ether oxygens (including phenoxy) is 2. The molecule has 0 saturated carbocycles. The number of nitrogens with zero attached hydrogens (tertiary/aromatic N) is 2. The Bertz CT molecular complexity index is 1300. The number of nitriles is 1. The Hall–Kier alpha value is -4.37. The fraction of sp³-hybridized carbons (Fsp3) is 0.148. The Balaban J connectivity index is 1.42. The molecule has 1 heterocycles. The van der Waals surface area contributed by atoms with Crippen molar-refractivity contribution in [3.05, 3.63) is 107 Å². The van der Waals surface area contributed by atoms with Gasteiger partial charge < -0.3 is 14.0 Å². The fourth-order valence-corrected chi connectivity index (χ4v) is 3.46. The van der Waals surface area contributed by atoms with Crippen LogP contribution in [0.2, 0.25) is 0 Å². The predicted molar refractivity (Wildman–Crippen MR) is 122 cm³/mol. The number of carbonyl (C=O) groups is 1. The third kappa shape index (κ3) is 4.94. The molecule has 6 nitrogen and oxygen atoms in total. The minimum atomic E-state index is -0.469. The Labute approximate surface area is 192 Å². The van der Waals surface area contributed by atoms with Gasteiger partial charge in [0.15, 0.2) is 0 Å². The van der Waals surface area contributed by atoms with E-state index in [1.807, 2.05) is 56.3 Å². The molecule has 0 bridgehead atoms. The molecular formula is C27H22N2O4. The van der Waals surface area contributed by atoms with Crippen molar-refractivity contribution in [2.24, 2.45) is 0 Å². The molecule has 0 saturated heterocycles. The van der Waals surface area contributed by atoms with Crippen LogP contribution >= 0.6 is 0 Å². The highest BCUT2D eigenvalue weighted by molar-refractivity contribution is 5.92. The molecule has 33 heavy (non-hydrogen) atoms. The Kier molecular flexibility index (Phi) is 6.51. The van der Waals surface area contributed by atoms with Crippen molar-refractivity contribution < 1.29 is 18.8 Å². The number of benzene rings is 3. The number of esters is 1. The summed E-state index contributed by atoms with van der Waals surface area (Å²) in [5.74, 6) is 0.655. The smallest absolute Gasteiger partial charge is 0.342 e. The highest BCUT2D eigenvalue weighted by Crippen LogP contribution is 2.25. The zero-order valence-electron chi connectivity index (χ0n) is 18.4. The maximum Gasteiger partial charge on any atom is 0.342 e. The summed E-state index contributed by atoms with van der Waals surface area (Å²) in [4.78, 5) is 12.7. The average Bonchev–Trinajstić information content (AvgIpc) is 3.18. The van der Waals surface area contributed by atoms with E-state index >= 15 is 0 Å². The van der Waals surface area contributed by atoms with E-state index in [2.05, 4.69) is 11.2 Å². The molecule has 0 atom stereocenters. The summed E-state index contributed by atoms with van der Waals surface area (Å²) < 4.78 is 16.6. The van der Waals surface area contributed by atoms with Gasteiger partial charge in [0.1, 0.15) is 30.3 Å². The van der Waals surface area contributed by atoms with Crippen LogP contribution in [0.1, 0.15) is 38.5 Å². The molecule has 164 valence electrons. The summed E-state index contributed by atoms with van der Waals surface area (Å²) in [7, 11) is 0. The Morgan fingerprint density at radius 3 is 2.42 bits per heavy atom. The van der Waals surface area contributed by atoms with Gasteiger partial charge in [-0.05, 0) is 48.7 Å².